The smallest absolute Gasteiger partial charge is 0.301 e. The molecule has 0 saturated carbocycles. The molecule has 0 radical (unpaired) electrons. The van der Waals surface area contributed by atoms with Crippen LogP contribution in [0.4, 0.5) is 9.52 Å². The van der Waals surface area contributed by atoms with Crippen LogP contribution in [0.3, 0.4) is 0 Å². The maximum absolute atomic E-state index is 14.1. The van der Waals surface area contributed by atoms with Crippen LogP contribution >= 0.6 is 11.3 Å². The van der Waals surface area contributed by atoms with Gasteiger partial charge in [0, 0.05) is 5.56 Å². The summed E-state index contributed by atoms with van der Waals surface area (Å²) >= 11 is 1.26. The zero-order valence-electron chi connectivity index (χ0n) is 16.9. The van der Waals surface area contributed by atoms with E-state index >= 15 is 0 Å². The first-order chi connectivity index (χ1) is 15.4. The topological polar surface area (TPSA) is 70.5 Å². The van der Waals surface area contributed by atoms with Gasteiger partial charge >= 0.3 is 5.91 Å². The second-order valence-corrected chi connectivity index (χ2v) is 8.56. The molecule has 158 valence electrons. The van der Waals surface area contributed by atoms with E-state index in [1.807, 2.05) is 31.2 Å². The van der Waals surface area contributed by atoms with E-state index in [1.54, 1.807) is 30.3 Å². The zero-order chi connectivity index (χ0) is 22.4. The fourth-order valence-electron chi connectivity index (χ4n) is 3.85. The van der Waals surface area contributed by atoms with Crippen LogP contribution in [0.2, 0.25) is 0 Å². The lowest BCUT2D eigenvalue weighted by molar-refractivity contribution is -0.132. The number of hydrogen-bond acceptors (Lipinski definition) is 5. The summed E-state index contributed by atoms with van der Waals surface area (Å²) in [5.74, 6) is -2.46. The number of amides is 1. The van der Waals surface area contributed by atoms with E-state index in [0.29, 0.717) is 21.8 Å². The molecule has 0 bridgehead atoms. The van der Waals surface area contributed by atoms with Crippen LogP contribution in [0.25, 0.3) is 16.0 Å². The molecule has 1 atom stereocenters. The summed E-state index contributed by atoms with van der Waals surface area (Å²) in [6.45, 7) is 1.91. The SMILES string of the molecule is Cc1ccc(C(O)=C2C(=O)C(=O)N(c3nc4ccccc4s3)[C@H]2c2cccc(F)c2)cc1. The lowest BCUT2D eigenvalue weighted by Crippen LogP contribution is -2.29. The summed E-state index contributed by atoms with van der Waals surface area (Å²) in [6, 6.07) is 19.0. The van der Waals surface area contributed by atoms with Gasteiger partial charge in [-0.25, -0.2) is 9.37 Å². The third kappa shape index (κ3) is 3.27. The number of carbonyl (C=O) groups is 2. The van der Waals surface area contributed by atoms with Crippen LogP contribution in [0.1, 0.15) is 22.7 Å². The molecule has 3 aromatic carbocycles. The molecule has 1 N–H and O–H groups in total. The molecule has 1 saturated heterocycles. The number of rotatable bonds is 3. The van der Waals surface area contributed by atoms with Crippen molar-refractivity contribution in [2.45, 2.75) is 13.0 Å². The van der Waals surface area contributed by atoms with Gasteiger partial charge in [-0.05, 0) is 36.8 Å². The van der Waals surface area contributed by atoms with Crippen LogP contribution in [0, 0.1) is 12.7 Å². The van der Waals surface area contributed by atoms with Crippen molar-refractivity contribution in [2.24, 2.45) is 0 Å². The van der Waals surface area contributed by atoms with Crippen molar-refractivity contribution in [3.63, 3.8) is 0 Å². The minimum Gasteiger partial charge on any atom is -0.507 e. The second kappa shape index (κ2) is 7.69. The molecule has 5 nitrogen and oxygen atoms in total. The van der Waals surface area contributed by atoms with Crippen LogP contribution < -0.4 is 4.90 Å². The van der Waals surface area contributed by atoms with Gasteiger partial charge in [0.15, 0.2) is 5.13 Å². The molecule has 1 aliphatic heterocycles. The first-order valence-electron chi connectivity index (χ1n) is 9.93. The lowest BCUT2D eigenvalue weighted by atomic mass is 9.95. The van der Waals surface area contributed by atoms with Gasteiger partial charge in [0.05, 0.1) is 21.8 Å². The van der Waals surface area contributed by atoms with Gasteiger partial charge in [0.25, 0.3) is 5.78 Å². The molecule has 5 rings (SSSR count). The Morgan fingerprint density at radius 3 is 2.50 bits per heavy atom. The number of halogens is 1. The van der Waals surface area contributed by atoms with Gasteiger partial charge in [0.1, 0.15) is 11.6 Å². The van der Waals surface area contributed by atoms with Crippen LogP contribution in [-0.2, 0) is 9.59 Å². The number of aryl methyl sites for hydroxylation is 1. The molecule has 0 unspecified atom stereocenters. The molecular weight excluding hydrogens is 427 g/mol. The summed E-state index contributed by atoms with van der Waals surface area (Å²) < 4.78 is 15.0. The molecule has 1 aliphatic rings. The number of aromatic nitrogens is 1. The molecule has 0 aliphatic carbocycles. The number of Topliss-reactive ketones (excluding diaryl/α,β-unsaturated/α-hetero) is 1. The third-order valence-electron chi connectivity index (χ3n) is 5.42. The molecule has 0 spiro atoms. The van der Waals surface area contributed by atoms with E-state index in [1.165, 1.54) is 34.4 Å². The summed E-state index contributed by atoms with van der Waals surface area (Å²) in [5, 5.41) is 11.4. The second-order valence-electron chi connectivity index (χ2n) is 7.55. The summed E-state index contributed by atoms with van der Waals surface area (Å²) in [6.07, 6.45) is 0. The lowest BCUT2D eigenvalue weighted by Gasteiger charge is -2.23. The number of nitrogens with zero attached hydrogens (tertiary/aromatic N) is 2. The Morgan fingerprint density at radius 1 is 1.03 bits per heavy atom. The third-order valence-corrected chi connectivity index (χ3v) is 6.46. The van der Waals surface area contributed by atoms with Crippen molar-refractivity contribution in [3.05, 3.63) is 101 Å². The normalized spacial score (nSPS) is 17.9. The van der Waals surface area contributed by atoms with E-state index in [-0.39, 0.29) is 11.3 Å². The monoisotopic (exact) mass is 444 g/mol. The van der Waals surface area contributed by atoms with Gasteiger partial charge < -0.3 is 5.11 Å². The minimum atomic E-state index is -1.01. The number of carbonyl (C=O) groups excluding carboxylic acids is 2. The largest absolute Gasteiger partial charge is 0.507 e. The number of benzene rings is 3. The average molecular weight is 444 g/mol. The number of ketones is 1. The molecular formula is C25H17FN2O3S. The van der Waals surface area contributed by atoms with E-state index < -0.39 is 23.5 Å². The number of aliphatic hydroxyl groups is 1. The van der Waals surface area contributed by atoms with Gasteiger partial charge in [-0.15, -0.1) is 0 Å². The zero-order valence-corrected chi connectivity index (χ0v) is 17.8. The number of anilines is 1. The fraction of sp³-hybridized carbons (Fsp3) is 0.0800. The van der Waals surface area contributed by atoms with Gasteiger partial charge in [-0.3, -0.25) is 14.5 Å². The van der Waals surface area contributed by atoms with E-state index in [9.17, 15) is 19.1 Å². The molecule has 4 aromatic rings. The first-order valence-corrected chi connectivity index (χ1v) is 10.7. The Kier molecular flexibility index (Phi) is 4.83. The Morgan fingerprint density at radius 2 is 1.78 bits per heavy atom. The highest BCUT2D eigenvalue weighted by Gasteiger charge is 2.48. The number of para-hydroxylation sites is 1. The van der Waals surface area contributed by atoms with Gasteiger partial charge in [-0.2, -0.15) is 0 Å². The highest BCUT2D eigenvalue weighted by atomic mass is 32.1. The average Bonchev–Trinajstić information content (AvgIpc) is 3.32. The molecule has 1 fully saturated rings. The number of thiazole rings is 1. The van der Waals surface area contributed by atoms with Crippen molar-refractivity contribution in [3.8, 4) is 0 Å². The van der Waals surface area contributed by atoms with Crippen molar-refractivity contribution >= 4 is 44.1 Å². The van der Waals surface area contributed by atoms with Crippen molar-refractivity contribution < 1.29 is 19.1 Å². The van der Waals surface area contributed by atoms with Crippen LogP contribution in [0.15, 0.2) is 78.4 Å². The number of aliphatic hydroxyl groups excluding tert-OH is 1. The van der Waals surface area contributed by atoms with Gasteiger partial charge in [0.2, 0.25) is 0 Å². The number of hydrogen-bond donors (Lipinski definition) is 1. The van der Waals surface area contributed by atoms with Crippen molar-refractivity contribution in [2.75, 3.05) is 4.90 Å². The summed E-state index contributed by atoms with van der Waals surface area (Å²) in [5.41, 5.74) is 2.35. The Bertz CT molecular complexity index is 1380. The van der Waals surface area contributed by atoms with Crippen molar-refractivity contribution in [1.82, 2.24) is 4.98 Å². The maximum atomic E-state index is 14.1. The molecule has 7 heteroatoms. The molecule has 32 heavy (non-hydrogen) atoms. The Labute approximate surface area is 187 Å². The number of fused-ring (bicyclic) bond motifs is 1. The summed E-state index contributed by atoms with van der Waals surface area (Å²) in [7, 11) is 0. The fourth-order valence-corrected chi connectivity index (χ4v) is 4.84. The predicted octanol–water partition coefficient (Wildman–Crippen LogP) is 5.37. The van der Waals surface area contributed by atoms with Crippen LogP contribution in [0.5, 0.6) is 0 Å². The Hall–Kier alpha value is -3.84. The molecule has 2 heterocycles. The minimum absolute atomic E-state index is 0.0938. The highest BCUT2D eigenvalue weighted by molar-refractivity contribution is 7.22. The quantitative estimate of drug-likeness (QED) is 0.262. The van der Waals surface area contributed by atoms with E-state index in [0.717, 1.165) is 10.3 Å². The van der Waals surface area contributed by atoms with E-state index in [2.05, 4.69) is 4.98 Å². The van der Waals surface area contributed by atoms with Gasteiger partial charge in [-0.1, -0.05) is 65.4 Å². The van der Waals surface area contributed by atoms with E-state index in [4.69, 9.17) is 0 Å². The Balaban J connectivity index is 1.74. The standard InChI is InChI=1S/C25H17FN2O3S/c1-14-9-11-15(12-10-14)22(29)20-21(16-5-4-6-17(26)13-16)28(24(31)23(20)30)25-27-18-7-2-3-8-19(18)32-25/h2-13,21,29H,1H3/t21-/m0/s1. The van der Waals surface area contributed by atoms with Crippen LogP contribution in [-0.4, -0.2) is 21.8 Å². The highest BCUT2D eigenvalue weighted by Crippen LogP contribution is 2.44. The predicted molar refractivity (Wildman–Crippen MR) is 122 cm³/mol. The molecule has 1 aromatic heterocycles. The summed E-state index contributed by atoms with van der Waals surface area (Å²) in [4.78, 5) is 32.1. The first kappa shape index (κ1) is 20.1. The van der Waals surface area contributed by atoms with Crippen molar-refractivity contribution in [1.29, 1.82) is 0 Å². The molecule has 1 amide bonds. The maximum Gasteiger partial charge on any atom is 0.301 e.